The monoisotopic (exact) mass is 216 g/mol. The molecule has 16 heavy (non-hydrogen) atoms. The first-order chi connectivity index (χ1) is 7.74. The molecule has 2 nitrogen and oxygen atoms in total. The van der Waals surface area contributed by atoms with Crippen molar-refractivity contribution in [2.45, 2.75) is 13.5 Å². The number of rotatable bonds is 3. The van der Waals surface area contributed by atoms with E-state index in [1.165, 1.54) is 12.1 Å². The van der Waals surface area contributed by atoms with Crippen molar-refractivity contribution in [3.05, 3.63) is 59.7 Å². The summed E-state index contributed by atoms with van der Waals surface area (Å²) in [7, 11) is 0. The van der Waals surface area contributed by atoms with Crippen molar-refractivity contribution in [2.24, 2.45) is 0 Å². The molecule has 2 rings (SSSR count). The first kappa shape index (κ1) is 10.6. The standard InChI is InChI=1S/C13H13FN2/c1-10-6-12(14)8-13(7-10)16-9-11-2-4-15-5-3-11/h2-8,16H,9H2,1H3. The number of nitrogens with one attached hydrogen (secondary N) is 1. The Balaban J connectivity index is 2.05. The van der Waals surface area contributed by atoms with E-state index in [9.17, 15) is 4.39 Å². The minimum atomic E-state index is -0.211. The molecule has 0 aliphatic heterocycles. The quantitative estimate of drug-likeness (QED) is 0.852. The van der Waals surface area contributed by atoms with Crippen LogP contribution in [0.1, 0.15) is 11.1 Å². The summed E-state index contributed by atoms with van der Waals surface area (Å²) in [5.74, 6) is -0.211. The van der Waals surface area contributed by atoms with Gasteiger partial charge in [0.2, 0.25) is 0 Å². The molecule has 0 unspecified atom stereocenters. The lowest BCUT2D eigenvalue weighted by Crippen LogP contribution is -2.00. The fourth-order valence-corrected chi connectivity index (χ4v) is 1.54. The average molecular weight is 216 g/mol. The van der Waals surface area contributed by atoms with Crippen LogP contribution in [-0.2, 0) is 6.54 Å². The van der Waals surface area contributed by atoms with E-state index < -0.39 is 0 Å². The maximum atomic E-state index is 13.1. The van der Waals surface area contributed by atoms with Crippen molar-refractivity contribution in [1.82, 2.24) is 4.98 Å². The highest BCUT2D eigenvalue weighted by Crippen LogP contribution is 2.14. The molecule has 0 spiro atoms. The number of nitrogens with zero attached hydrogens (tertiary/aromatic N) is 1. The Hall–Kier alpha value is -1.90. The molecule has 1 N–H and O–H groups in total. The first-order valence-electron chi connectivity index (χ1n) is 5.14. The molecule has 0 amide bonds. The zero-order valence-electron chi connectivity index (χ0n) is 9.07. The molecule has 1 aromatic carbocycles. The van der Waals surface area contributed by atoms with Crippen LogP contribution in [-0.4, -0.2) is 4.98 Å². The lowest BCUT2D eigenvalue weighted by Gasteiger charge is -2.07. The van der Waals surface area contributed by atoms with Gasteiger partial charge in [0.25, 0.3) is 0 Å². The number of pyridine rings is 1. The smallest absolute Gasteiger partial charge is 0.125 e. The molecule has 0 bridgehead atoms. The number of benzene rings is 1. The van der Waals surface area contributed by atoms with E-state index in [1.807, 2.05) is 25.1 Å². The van der Waals surface area contributed by atoms with E-state index in [-0.39, 0.29) is 5.82 Å². The van der Waals surface area contributed by atoms with Crippen molar-refractivity contribution >= 4 is 5.69 Å². The van der Waals surface area contributed by atoms with Crippen LogP contribution >= 0.6 is 0 Å². The number of hydrogen-bond donors (Lipinski definition) is 1. The van der Waals surface area contributed by atoms with E-state index >= 15 is 0 Å². The minimum absolute atomic E-state index is 0.211. The summed E-state index contributed by atoms with van der Waals surface area (Å²) >= 11 is 0. The molecule has 0 aliphatic rings. The van der Waals surface area contributed by atoms with Crippen LogP contribution in [0.3, 0.4) is 0 Å². The Morgan fingerprint density at radius 3 is 2.62 bits per heavy atom. The highest BCUT2D eigenvalue weighted by molar-refractivity contribution is 5.46. The number of aromatic nitrogens is 1. The van der Waals surface area contributed by atoms with Crippen molar-refractivity contribution in [3.63, 3.8) is 0 Å². The second kappa shape index (κ2) is 4.75. The predicted molar refractivity (Wildman–Crippen MR) is 62.7 cm³/mol. The molecule has 0 saturated carbocycles. The van der Waals surface area contributed by atoms with Gasteiger partial charge >= 0.3 is 0 Å². The van der Waals surface area contributed by atoms with Crippen LogP contribution in [0, 0.1) is 12.7 Å². The van der Waals surface area contributed by atoms with Gasteiger partial charge in [-0.05, 0) is 48.4 Å². The minimum Gasteiger partial charge on any atom is -0.381 e. The van der Waals surface area contributed by atoms with E-state index in [0.717, 1.165) is 16.8 Å². The highest BCUT2D eigenvalue weighted by Gasteiger charge is 1.97. The zero-order chi connectivity index (χ0) is 11.4. The normalized spacial score (nSPS) is 10.1. The van der Waals surface area contributed by atoms with Crippen LogP contribution in [0.5, 0.6) is 0 Å². The van der Waals surface area contributed by atoms with Crippen molar-refractivity contribution in [2.75, 3.05) is 5.32 Å². The van der Waals surface area contributed by atoms with Crippen molar-refractivity contribution in [3.8, 4) is 0 Å². The molecule has 82 valence electrons. The van der Waals surface area contributed by atoms with Crippen molar-refractivity contribution < 1.29 is 4.39 Å². The van der Waals surface area contributed by atoms with Gasteiger partial charge in [0.1, 0.15) is 5.82 Å². The third-order valence-electron chi connectivity index (χ3n) is 2.29. The molecule has 0 radical (unpaired) electrons. The summed E-state index contributed by atoms with van der Waals surface area (Å²) < 4.78 is 13.1. The molecule has 3 heteroatoms. The van der Waals surface area contributed by atoms with E-state index in [1.54, 1.807) is 12.4 Å². The predicted octanol–water partition coefficient (Wildman–Crippen LogP) is 3.14. The number of hydrogen-bond acceptors (Lipinski definition) is 2. The van der Waals surface area contributed by atoms with Crippen molar-refractivity contribution in [1.29, 1.82) is 0 Å². The lowest BCUT2D eigenvalue weighted by atomic mass is 10.2. The molecule has 0 aliphatic carbocycles. The summed E-state index contributed by atoms with van der Waals surface area (Å²) in [4.78, 5) is 3.94. The van der Waals surface area contributed by atoms with Crippen LogP contribution in [0.2, 0.25) is 0 Å². The molecule has 0 atom stereocenters. The third kappa shape index (κ3) is 2.79. The van der Waals surface area contributed by atoms with Gasteiger partial charge in [0.15, 0.2) is 0 Å². The molecule has 0 fully saturated rings. The summed E-state index contributed by atoms with van der Waals surface area (Å²) in [5, 5.41) is 3.17. The lowest BCUT2D eigenvalue weighted by molar-refractivity contribution is 0.627. The Bertz CT molecular complexity index is 448. The topological polar surface area (TPSA) is 24.9 Å². The third-order valence-corrected chi connectivity index (χ3v) is 2.29. The highest BCUT2D eigenvalue weighted by atomic mass is 19.1. The SMILES string of the molecule is Cc1cc(F)cc(NCc2ccncc2)c1. The van der Waals surface area contributed by atoms with E-state index in [4.69, 9.17) is 0 Å². The summed E-state index contributed by atoms with van der Waals surface area (Å²) in [6, 6.07) is 8.79. The second-order valence-corrected chi connectivity index (χ2v) is 3.73. The molecular weight excluding hydrogens is 203 g/mol. The van der Waals surface area contributed by atoms with E-state index in [2.05, 4.69) is 10.3 Å². The number of aryl methyl sites for hydroxylation is 1. The van der Waals surface area contributed by atoms with Gasteiger partial charge in [0.05, 0.1) is 0 Å². The van der Waals surface area contributed by atoms with Gasteiger partial charge in [-0.2, -0.15) is 0 Å². The molecule has 0 saturated heterocycles. The fraction of sp³-hybridized carbons (Fsp3) is 0.154. The molecular formula is C13H13FN2. The van der Waals surface area contributed by atoms with Crippen LogP contribution in [0.25, 0.3) is 0 Å². The van der Waals surface area contributed by atoms with Gasteiger partial charge in [-0.1, -0.05) is 0 Å². The summed E-state index contributed by atoms with van der Waals surface area (Å²) in [5.41, 5.74) is 2.84. The van der Waals surface area contributed by atoms with Crippen LogP contribution < -0.4 is 5.32 Å². The zero-order valence-corrected chi connectivity index (χ0v) is 9.07. The average Bonchev–Trinajstić information content (AvgIpc) is 2.27. The number of anilines is 1. The molecule has 1 aromatic heterocycles. The van der Waals surface area contributed by atoms with Gasteiger partial charge in [0, 0.05) is 24.6 Å². The Kier molecular flexibility index (Phi) is 3.15. The molecule has 2 aromatic rings. The van der Waals surface area contributed by atoms with Gasteiger partial charge in [-0.15, -0.1) is 0 Å². The Labute approximate surface area is 94.2 Å². The Morgan fingerprint density at radius 2 is 1.94 bits per heavy atom. The maximum absolute atomic E-state index is 13.1. The maximum Gasteiger partial charge on any atom is 0.125 e. The second-order valence-electron chi connectivity index (χ2n) is 3.73. The Morgan fingerprint density at radius 1 is 1.19 bits per heavy atom. The number of halogens is 1. The van der Waals surface area contributed by atoms with Gasteiger partial charge in [-0.3, -0.25) is 4.98 Å². The van der Waals surface area contributed by atoms with Crippen LogP contribution in [0.4, 0.5) is 10.1 Å². The van der Waals surface area contributed by atoms with Crippen LogP contribution in [0.15, 0.2) is 42.7 Å². The molecule has 1 heterocycles. The van der Waals surface area contributed by atoms with Gasteiger partial charge < -0.3 is 5.32 Å². The summed E-state index contributed by atoms with van der Waals surface area (Å²) in [6.07, 6.45) is 3.49. The fourth-order valence-electron chi connectivity index (χ4n) is 1.54. The van der Waals surface area contributed by atoms with E-state index in [0.29, 0.717) is 6.54 Å². The first-order valence-corrected chi connectivity index (χ1v) is 5.14. The largest absolute Gasteiger partial charge is 0.381 e. The van der Waals surface area contributed by atoms with Gasteiger partial charge in [-0.25, -0.2) is 4.39 Å². The summed E-state index contributed by atoms with van der Waals surface area (Å²) in [6.45, 7) is 2.55.